The zero-order valence-electron chi connectivity index (χ0n) is 27.3. The lowest BCUT2D eigenvalue weighted by Gasteiger charge is -2.40. The molecule has 2 saturated heterocycles. The zero-order chi connectivity index (χ0) is 31.8. The molecule has 3 aliphatic rings. The van der Waals surface area contributed by atoms with Gasteiger partial charge in [-0.2, -0.15) is 0 Å². The van der Waals surface area contributed by atoms with E-state index in [0.717, 1.165) is 59.7 Å². The van der Waals surface area contributed by atoms with Crippen LogP contribution in [0.3, 0.4) is 0 Å². The predicted molar refractivity (Wildman–Crippen MR) is 180 cm³/mol. The minimum absolute atomic E-state index is 0.0668. The molecule has 3 atom stereocenters. The highest BCUT2D eigenvalue weighted by Gasteiger charge is 2.42. The van der Waals surface area contributed by atoms with E-state index in [-0.39, 0.29) is 18.1 Å². The summed E-state index contributed by atoms with van der Waals surface area (Å²) >= 11 is 0. The minimum Gasteiger partial charge on any atom is -0.436 e. The van der Waals surface area contributed by atoms with Gasteiger partial charge >= 0.3 is 6.09 Å². The topological polar surface area (TPSA) is 89.5 Å². The summed E-state index contributed by atoms with van der Waals surface area (Å²) in [5.41, 5.74) is 12.1. The molecule has 3 heterocycles. The van der Waals surface area contributed by atoms with Gasteiger partial charge < -0.3 is 19.9 Å². The minimum atomic E-state index is -0.401. The average molecular weight is 619 g/mol. The number of piperidine rings is 1. The van der Waals surface area contributed by atoms with Crippen molar-refractivity contribution in [1.29, 1.82) is 0 Å². The number of hydrogen-bond acceptors (Lipinski definition) is 6. The Morgan fingerprint density at radius 3 is 2.13 bits per heavy atom. The van der Waals surface area contributed by atoms with Gasteiger partial charge in [0.1, 0.15) is 11.6 Å². The van der Waals surface area contributed by atoms with Crippen molar-refractivity contribution in [3.05, 3.63) is 107 Å². The first kappa shape index (κ1) is 30.6. The maximum absolute atomic E-state index is 13.4. The second-order valence-corrected chi connectivity index (χ2v) is 13.7. The van der Waals surface area contributed by atoms with E-state index >= 15 is 0 Å². The molecule has 8 nitrogen and oxygen atoms in total. The summed E-state index contributed by atoms with van der Waals surface area (Å²) < 4.78 is 8.57. The summed E-state index contributed by atoms with van der Waals surface area (Å²) in [5, 5.41) is 9.37. The Kier molecular flexibility index (Phi) is 8.66. The number of amides is 1. The number of carbonyl (C=O) groups is 1. The summed E-state index contributed by atoms with van der Waals surface area (Å²) in [4.78, 5) is 17.8. The van der Waals surface area contributed by atoms with Gasteiger partial charge in [0.05, 0.1) is 0 Å². The van der Waals surface area contributed by atoms with Crippen LogP contribution in [0.2, 0.25) is 0 Å². The summed E-state index contributed by atoms with van der Waals surface area (Å²) in [6.45, 7) is 5.93. The summed E-state index contributed by atoms with van der Waals surface area (Å²) in [6, 6.07) is 28.4. The third-order valence-corrected chi connectivity index (χ3v) is 10.4. The molecule has 4 aromatic rings. The molecule has 0 spiro atoms. The van der Waals surface area contributed by atoms with Crippen LogP contribution in [0, 0.1) is 0 Å². The third kappa shape index (κ3) is 5.84. The molecule has 2 aliphatic heterocycles. The first-order valence-corrected chi connectivity index (χ1v) is 17.0. The monoisotopic (exact) mass is 618 g/mol. The highest BCUT2D eigenvalue weighted by Crippen LogP contribution is 2.45. The van der Waals surface area contributed by atoms with Crippen molar-refractivity contribution in [2.24, 2.45) is 5.73 Å². The van der Waals surface area contributed by atoms with Gasteiger partial charge in [0, 0.05) is 67.8 Å². The molecule has 1 aliphatic carbocycles. The van der Waals surface area contributed by atoms with E-state index < -0.39 is 6.10 Å². The van der Waals surface area contributed by atoms with Crippen LogP contribution >= 0.6 is 0 Å². The standard InChI is InChI=1S/C38H46N6O2/c1-25(2)37-41-40-35(20-21-42(3)38(45)46-36-32-15-9-7-13-30(32)31-14-8-10-16-33(31)36)44(37)29-23-27-17-18-28(24-29)43(27)22-19-34(39)26-11-5-4-6-12-26/h4-16,25,27-29,34,36H,17-24,39H2,1-3H3/t27?,28?,29?,34-/m0/s1. The molecule has 1 aromatic heterocycles. The van der Waals surface area contributed by atoms with Crippen molar-refractivity contribution in [1.82, 2.24) is 24.6 Å². The number of nitrogens with two attached hydrogens (primary N) is 1. The molecule has 2 fully saturated rings. The number of ether oxygens (including phenoxy) is 1. The first-order valence-electron chi connectivity index (χ1n) is 17.0. The number of fused-ring (bicyclic) bond motifs is 5. The van der Waals surface area contributed by atoms with E-state index in [9.17, 15) is 4.79 Å². The van der Waals surface area contributed by atoms with Gasteiger partial charge in [0.25, 0.3) is 0 Å². The van der Waals surface area contributed by atoms with Crippen molar-refractivity contribution in [2.75, 3.05) is 20.1 Å². The predicted octanol–water partition coefficient (Wildman–Crippen LogP) is 7.04. The maximum atomic E-state index is 13.4. The van der Waals surface area contributed by atoms with Crippen LogP contribution in [0.25, 0.3) is 11.1 Å². The lowest BCUT2D eigenvalue weighted by molar-refractivity contribution is 0.0859. The fraction of sp³-hybridized carbons (Fsp3) is 0.447. The molecule has 240 valence electrons. The second kappa shape index (κ2) is 13.0. The lowest BCUT2D eigenvalue weighted by Crippen LogP contribution is -2.45. The van der Waals surface area contributed by atoms with E-state index in [1.807, 2.05) is 37.4 Å². The smallest absolute Gasteiger partial charge is 0.410 e. The van der Waals surface area contributed by atoms with E-state index in [4.69, 9.17) is 15.6 Å². The fourth-order valence-corrected chi connectivity index (χ4v) is 8.06. The van der Waals surface area contributed by atoms with Crippen LogP contribution in [-0.4, -0.2) is 62.9 Å². The lowest BCUT2D eigenvalue weighted by atomic mass is 9.95. The number of hydrogen-bond donors (Lipinski definition) is 1. The third-order valence-electron chi connectivity index (χ3n) is 10.4. The highest BCUT2D eigenvalue weighted by molar-refractivity contribution is 5.79. The van der Waals surface area contributed by atoms with E-state index in [2.05, 4.69) is 76.9 Å². The van der Waals surface area contributed by atoms with Crippen LogP contribution < -0.4 is 5.73 Å². The summed E-state index contributed by atoms with van der Waals surface area (Å²) in [6.07, 6.45) is 5.53. The van der Waals surface area contributed by atoms with Gasteiger partial charge in [-0.25, -0.2) is 4.79 Å². The van der Waals surface area contributed by atoms with Crippen LogP contribution in [0.4, 0.5) is 4.79 Å². The second-order valence-electron chi connectivity index (χ2n) is 13.7. The zero-order valence-corrected chi connectivity index (χ0v) is 27.3. The van der Waals surface area contributed by atoms with Gasteiger partial charge in [0.2, 0.25) is 0 Å². The molecule has 46 heavy (non-hydrogen) atoms. The van der Waals surface area contributed by atoms with Crippen molar-refractivity contribution in [3.8, 4) is 11.1 Å². The Balaban J connectivity index is 1.01. The maximum Gasteiger partial charge on any atom is 0.410 e. The van der Waals surface area contributed by atoms with Crippen LogP contribution in [-0.2, 0) is 11.2 Å². The van der Waals surface area contributed by atoms with Gasteiger partial charge in [-0.05, 0) is 48.8 Å². The van der Waals surface area contributed by atoms with E-state index in [1.165, 1.54) is 18.4 Å². The van der Waals surface area contributed by atoms with E-state index in [1.54, 1.807) is 4.90 Å². The van der Waals surface area contributed by atoms with Crippen LogP contribution in [0.5, 0.6) is 0 Å². The number of rotatable bonds is 10. The molecule has 3 aromatic carbocycles. The molecule has 1 amide bonds. The van der Waals surface area contributed by atoms with Crippen LogP contribution in [0.1, 0.15) is 98.4 Å². The van der Waals surface area contributed by atoms with Crippen molar-refractivity contribution in [2.45, 2.75) is 88.6 Å². The summed E-state index contributed by atoms with van der Waals surface area (Å²) in [7, 11) is 1.82. The van der Waals surface area contributed by atoms with Gasteiger partial charge in [-0.3, -0.25) is 4.90 Å². The number of carbonyl (C=O) groups excluding carboxylic acids is 1. The molecule has 2 N–H and O–H groups in total. The quantitative estimate of drug-likeness (QED) is 0.205. The first-order chi connectivity index (χ1) is 22.4. The Morgan fingerprint density at radius 2 is 1.50 bits per heavy atom. The molecular weight excluding hydrogens is 572 g/mol. The largest absolute Gasteiger partial charge is 0.436 e. The SMILES string of the molecule is CC(C)c1nnc(CCN(C)C(=O)OC2c3ccccc3-c3ccccc32)n1C1CC2CCC(C1)N2CC[C@H](N)c1ccccc1. The molecule has 0 radical (unpaired) electrons. The normalized spacial score (nSPS) is 21.3. The molecule has 0 saturated carbocycles. The Morgan fingerprint density at radius 1 is 0.891 bits per heavy atom. The van der Waals surface area contributed by atoms with Gasteiger partial charge in [-0.1, -0.05) is 92.7 Å². The van der Waals surface area contributed by atoms with Gasteiger partial charge in [-0.15, -0.1) is 10.2 Å². The molecule has 2 unspecified atom stereocenters. The number of nitrogens with zero attached hydrogens (tertiary/aromatic N) is 5. The molecule has 2 bridgehead atoms. The molecule has 7 rings (SSSR count). The highest BCUT2D eigenvalue weighted by atomic mass is 16.6. The molecule has 8 heteroatoms. The number of likely N-dealkylation sites (N-methyl/N-ethyl adjacent to an activating group) is 1. The Bertz CT molecular complexity index is 1610. The number of benzene rings is 3. The van der Waals surface area contributed by atoms with E-state index in [0.29, 0.717) is 31.1 Å². The van der Waals surface area contributed by atoms with Gasteiger partial charge in [0.15, 0.2) is 6.10 Å². The summed E-state index contributed by atoms with van der Waals surface area (Å²) in [5.74, 6) is 2.28. The Hall–Kier alpha value is -4.01. The average Bonchev–Trinajstić information content (AvgIpc) is 3.72. The van der Waals surface area contributed by atoms with Crippen LogP contribution in [0.15, 0.2) is 78.9 Å². The number of aromatic nitrogens is 3. The molecular formula is C38H46N6O2. The van der Waals surface area contributed by atoms with Crippen molar-refractivity contribution >= 4 is 6.09 Å². The fourth-order valence-electron chi connectivity index (χ4n) is 8.06. The van der Waals surface area contributed by atoms with Crippen molar-refractivity contribution in [3.63, 3.8) is 0 Å². The Labute approximate surface area is 272 Å². The van der Waals surface area contributed by atoms with Crippen molar-refractivity contribution < 1.29 is 9.53 Å².